The molecule has 5 heteroatoms. The zero-order chi connectivity index (χ0) is 17.8. The van der Waals surface area contributed by atoms with Crippen molar-refractivity contribution in [2.75, 3.05) is 19.7 Å². The zero-order valence-corrected chi connectivity index (χ0v) is 14.7. The van der Waals surface area contributed by atoms with Gasteiger partial charge in [-0.05, 0) is 37.0 Å². The van der Waals surface area contributed by atoms with Crippen molar-refractivity contribution in [2.45, 2.75) is 25.4 Å². The molecule has 0 spiro atoms. The summed E-state index contributed by atoms with van der Waals surface area (Å²) in [5, 5.41) is 7.85. The van der Waals surface area contributed by atoms with Crippen LogP contribution in [0.4, 0.5) is 0 Å². The van der Waals surface area contributed by atoms with Crippen LogP contribution in [-0.4, -0.2) is 46.8 Å². The first kappa shape index (κ1) is 16.8. The van der Waals surface area contributed by atoms with Crippen LogP contribution in [0.2, 0.25) is 0 Å². The van der Waals surface area contributed by atoms with Crippen LogP contribution in [0.25, 0.3) is 10.9 Å². The lowest BCUT2D eigenvalue weighted by molar-refractivity contribution is 0.0101. The number of nitrogens with zero attached hydrogens (tertiary/aromatic N) is 2. The summed E-state index contributed by atoms with van der Waals surface area (Å²) in [5.41, 5.74) is 2.92. The molecule has 2 aromatic carbocycles. The monoisotopic (exact) mass is 349 g/mol. The van der Waals surface area contributed by atoms with Crippen molar-refractivity contribution in [2.24, 2.45) is 0 Å². The number of carbonyl (C=O) groups excluding carboxylic acids is 1. The van der Waals surface area contributed by atoms with Gasteiger partial charge >= 0.3 is 0 Å². The molecule has 0 radical (unpaired) electrons. The summed E-state index contributed by atoms with van der Waals surface area (Å²) < 4.78 is 6.03. The van der Waals surface area contributed by atoms with Crippen LogP contribution in [0, 0.1) is 0 Å². The molecule has 2 heterocycles. The molecule has 1 aromatic heterocycles. The number of nitrogens with one attached hydrogen (secondary N) is 1. The summed E-state index contributed by atoms with van der Waals surface area (Å²) in [6.07, 6.45) is 4.68. The van der Waals surface area contributed by atoms with Gasteiger partial charge in [0.1, 0.15) is 0 Å². The van der Waals surface area contributed by atoms with Crippen LogP contribution in [0.5, 0.6) is 0 Å². The highest BCUT2D eigenvalue weighted by molar-refractivity contribution is 6.06. The maximum atomic E-state index is 12.9. The molecule has 0 bridgehead atoms. The third-order valence-electron chi connectivity index (χ3n) is 5.03. The third kappa shape index (κ3) is 3.63. The Labute approximate surface area is 153 Å². The average Bonchev–Trinajstić information content (AvgIpc) is 3.18. The standard InChI is InChI=1S/C21H23N3O2/c25-21(18-7-4-8-20-19(18)15-22-23-20)24-12-9-17(10-13-24)26-14-11-16-5-2-1-3-6-16/h1-8,15,17H,9-14H2,(H,22,23). The van der Waals surface area contributed by atoms with Crippen molar-refractivity contribution in [1.82, 2.24) is 15.1 Å². The molecule has 0 aliphatic carbocycles. The normalized spacial score (nSPS) is 15.5. The lowest BCUT2D eigenvalue weighted by Gasteiger charge is -2.32. The van der Waals surface area contributed by atoms with Crippen molar-refractivity contribution >= 4 is 16.8 Å². The number of amides is 1. The molecular weight excluding hydrogens is 326 g/mol. The van der Waals surface area contributed by atoms with Crippen molar-refractivity contribution in [3.63, 3.8) is 0 Å². The number of aromatic nitrogens is 2. The Morgan fingerprint density at radius 2 is 1.92 bits per heavy atom. The molecule has 26 heavy (non-hydrogen) atoms. The molecule has 1 N–H and O–H groups in total. The van der Waals surface area contributed by atoms with Gasteiger partial charge in [0.2, 0.25) is 0 Å². The maximum Gasteiger partial charge on any atom is 0.254 e. The smallest absolute Gasteiger partial charge is 0.254 e. The van der Waals surface area contributed by atoms with Crippen LogP contribution in [0.3, 0.4) is 0 Å². The topological polar surface area (TPSA) is 58.2 Å². The van der Waals surface area contributed by atoms with Crippen LogP contribution in [-0.2, 0) is 11.2 Å². The zero-order valence-electron chi connectivity index (χ0n) is 14.7. The van der Waals surface area contributed by atoms with E-state index < -0.39 is 0 Å². The number of hydrogen-bond acceptors (Lipinski definition) is 3. The van der Waals surface area contributed by atoms with Gasteiger partial charge in [-0.2, -0.15) is 5.10 Å². The van der Waals surface area contributed by atoms with Gasteiger partial charge in [0.15, 0.2) is 0 Å². The third-order valence-corrected chi connectivity index (χ3v) is 5.03. The minimum absolute atomic E-state index is 0.0831. The Balaban J connectivity index is 1.29. The number of fused-ring (bicyclic) bond motifs is 1. The van der Waals surface area contributed by atoms with Crippen molar-refractivity contribution in [3.05, 3.63) is 65.9 Å². The van der Waals surface area contributed by atoms with Gasteiger partial charge in [0, 0.05) is 18.5 Å². The van der Waals surface area contributed by atoms with Crippen molar-refractivity contribution in [1.29, 1.82) is 0 Å². The lowest BCUT2D eigenvalue weighted by Crippen LogP contribution is -2.41. The average molecular weight is 349 g/mol. The highest BCUT2D eigenvalue weighted by atomic mass is 16.5. The number of rotatable bonds is 5. The van der Waals surface area contributed by atoms with E-state index in [0.717, 1.165) is 55.4 Å². The molecule has 3 aromatic rings. The van der Waals surface area contributed by atoms with Crippen LogP contribution < -0.4 is 0 Å². The fraction of sp³-hybridized carbons (Fsp3) is 0.333. The molecule has 1 aliphatic rings. The van der Waals surface area contributed by atoms with E-state index in [4.69, 9.17) is 4.74 Å². The van der Waals surface area contributed by atoms with Crippen LogP contribution >= 0.6 is 0 Å². The highest BCUT2D eigenvalue weighted by Crippen LogP contribution is 2.21. The molecule has 1 aliphatic heterocycles. The van der Waals surface area contributed by atoms with E-state index >= 15 is 0 Å². The predicted molar refractivity (Wildman–Crippen MR) is 101 cm³/mol. The van der Waals surface area contributed by atoms with E-state index in [1.54, 1.807) is 6.20 Å². The van der Waals surface area contributed by atoms with Gasteiger partial charge in [-0.3, -0.25) is 9.89 Å². The summed E-state index contributed by atoms with van der Waals surface area (Å²) in [5.74, 6) is 0.0831. The molecule has 134 valence electrons. The van der Waals surface area contributed by atoms with Crippen molar-refractivity contribution < 1.29 is 9.53 Å². The number of aromatic amines is 1. The van der Waals surface area contributed by atoms with E-state index in [9.17, 15) is 4.79 Å². The second-order valence-electron chi connectivity index (χ2n) is 6.73. The Morgan fingerprint density at radius 1 is 1.12 bits per heavy atom. The number of carbonyl (C=O) groups is 1. The number of ether oxygens (including phenoxy) is 1. The van der Waals surface area contributed by atoms with Gasteiger partial charge < -0.3 is 9.64 Å². The second kappa shape index (κ2) is 7.70. The first-order chi connectivity index (χ1) is 12.8. The van der Waals surface area contributed by atoms with E-state index in [0.29, 0.717) is 0 Å². The molecule has 0 atom stereocenters. The minimum Gasteiger partial charge on any atom is -0.378 e. The minimum atomic E-state index is 0.0831. The SMILES string of the molecule is O=C(c1cccc2[nH]ncc12)N1CCC(OCCc2ccccc2)CC1. The van der Waals surface area contributed by atoms with Gasteiger partial charge in [-0.15, -0.1) is 0 Å². The molecule has 5 nitrogen and oxygen atoms in total. The van der Waals surface area contributed by atoms with Gasteiger partial charge in [-0.25, -0.2) is 0 Å². The Morgan fingerprint density at radius 3 is 2.73 bits per heavy atom. The molecule has 0 unspecified atom stereocenters. The number of hydrogen-bond donors (Lipinski definition) is 1. The van der Waals surface area contributed by atoms with E-state index in [1.807, 2.05) is 29.2 Å². The van der Waals surface area contributed by atoms with E-state index in [-0.39, 0.29) is 12.0 Å². The number of H-pyrrole nitrogens is 1. The molecule has 4 rings (SSSR count). The fourth-order valence-corrected chi connectivity index (χ4v) is 3.54. The molecule has 1 amide bonds. The second-order valence-corrected chi connectivity index (χ2v) is 6.73. The van der Waals surface area contributed by atoms with Gasteiger partial charge in [0.25, 0.3) is 5.91 Å². The van der Waals surface area contributed by atoms with E-state index in [2.05, 4.69) is 34.5 Å². The summed E-state index contributed by atoms with van der Waals surface area (Å²) >= 11 is 0. The first-order valence-electron chi connectivity index (χ1n) is 9.18. The summed E-state index contributed by atoms with van der Waals surface area (Å²) in [6.45, 7) is 2.21. The predicted octanol–water partition coefficient (Wildman–Crippen LogP) is 3.43. The number of benzene rings is 2. The Bertz CT molecular complexity index is 867. The van der Waals surface area contributed by atoms with Gasteiger partial charge in [0.05, 0.1) is 30.0 Å². The lowest BCUT2D eigenvalue weighted by atomic mass is 10.0. The maximum absolute atomic E-state index is 12.9. The summed E-state index contributed by atoms with van der Waals surface area (Å²) in [4.78, 5) is 14.8. The van der Waals surface area contributed by atoms with Crippen LogP contribution in [0.1, 0.15) is 28.8 Å². The Hall–Kier alpha value is -2.66. The molecule has 1 fully saturated rings. The molecular formula is C21H23N3O2. The summed E-state index contributed by atoms with van der Waals surface area (Å²) in [7, 11) is 0. The molecule has 0 saturated carbocycles. The largest absolute Gasteiger partial charge is 0.378 e. The van der Waals surface area contributed by atoms with Crippen LogP contribution in [0.15, 0.2) is 54.7 Å². The summed E-state index contributed by atoms with van der Waals surface area (Å²) in [6, 6.07) is 16.1. The molecule has 1 saturated heterocycles. The first-order valence-corrected chi connectivity index (χ1v) is 9.18. The van der Waals surface area contributed by atoms with Gasteiger partial charge in [-0.1, -0.05) is 36.4 Å². The van der Waals surface area contributed by atoms with Crippen molar-refractivity contribution in [3.8, 4) is 0 Å². The number of likely N-dealkylation sites (tertiary alicyclic amines) is 1. The fourth-order valence-electron chi connectivity index (χ4n) is 3.54. The Kier molecular flexibility index (Phi) is 4.97. The highest BCUT2D eigenvalue weighted by Gasteiger charge is 2.25. The number of piperidine rings is 1. The van der Waals surface area contributed by atoms with E-state index in [1.165, 1.54) is 5.56 Å². The quantitative estimate of drug-likeness (QED) is 0.768.